The lowest BCUT2D eigenvalue weighted by molar-refractivity contribution is -0.177. The molecule has 0 N–H and O–H groups in total. The molecule has 18 heavy (non-hydrogen) atoms. The Kier molecular flexibility index (Phi) is 5.68. The van der Waals surface area contributed by atoms with Gasteiger partial charge < -0.3 is 4.74 Å². The maximum absolute atomic E-state index is 12.2. The second-order valence-corrected chi connectivity index (χ2v) is 6.39. The van der Waals surface area contributed by atoms with Gasteiger partial charge in [0.25, 0.3) is 0 Å². The Balaban J connectivity index is 2.81. The van der Waals surface area contributed by atoms with Gasteiger partial charge in [0.1, 0.15) is 5.60 Å². The van der Waals surface area contributed by atoms with Gasteiger partial charge in [-0.1, -0.05) is 41.0 Å². The summed E-state index contributed by atoms with van der Waals surface area (Å²) in [6.45, 7) is 10.7. The SMILES string of the molecule is CCC(C)C(=O)OC1(C(C)C(C)C)CCCCC1. The first-order valence-corrected chi connectivity index (χ1v) is 7.65. The quantitative estimate of drug-likeness (QED) is 0.672. The first-order valence-electron chi connectivity index (χ1n) is 7.65. The Hall–Kier alpha value is -0.530. The van der Waals surface area contributed by atoms with Crippen LogP contribution in [0.4, 0.5) is 0 Å². The molecule has 2 nitrogen and oxygen atoms in total. The minimum absolute atomic E-state index is 0.00639. The minimum atomic E-state index is -0.188. The second kappa shape index (κ2) is 6.58. The van der Waals surface area contributed by atoms with Crippen LogP contribution in [0.3, 0.4) is 0 Å². The van der Waals surface area contributed by atoms with E-state index in [-0.39, 0.29) is 17.5 Å². The molecular formula is C16H30O2. The van der Waals surface area contributed by atoms with Gasteiger partial charge >= 0.3 is 5.97 Å². The highest BCUT2D eigenvalue weighted by molar-refractivity contribution is 5.72. The zero-order chi connectivity index (χ0) is 13.8. The van der Waals surface area contributed by atoms with Crippen molar-refractivity contribution >= 4 is 5.97 Å². The van der Waals surface area contributed by atoms with Crippen molar-refractivity contribution in [2.24, 2.45) is 17.8 Å². The third-order valence-electron chi connectivity index (χ3n) is 4.85. The molecule has 0 aromatic rings. The van der Waals surface area contributed by atoms with E-state index < -0.39 is 0 Å². The highest BCUT2D eigenvalue weighted by Gasteiger charge is 2.42. The Bertz CT molecular complexity index is 264. The van der Waals surface area contributed by atoms with Crippen LogP contribution in [0.15, 0.2) is 0 Å². The van der Waals surface area contributed by atoms with Gasteiger partial charge in [-0.05, 0) is 43.9 Å². The summed E-state index contributed by atoms with van der Waals surface area (Å²) in [5.41, 5.74) is -0.188. The van der Waals surface area contributed by atoms with Crippen LogP contribution in [0.5, 0.6) is 0 Å². The molecule has 106 valence electrons. The first kappa shape index (κ1) is 15.5. The van der Waals surface area contributed by atoms with Crippen LogP contribution >= 0.6 is 0 Å². The fourth-order valence-electron chi connectivity index (χ4n) is 2.88. The third-order valence-corrected chi connectivity index (χ3v) is 4.85. The maximum Gasteiger partial charge on any atom is 0.309 e. The number of hydrogen-bond acceptors (Lipinski definition) is 2. The number of ether oxygens (including phenoxy) is 1. The molecule has 1 rings (SSSR count). The molecule has 1 aliphatic carbocycles. The van der Waals surface area contributed by atoms with Crippen molar-refractivity contribution in [3.8, 4) is 0 Å². The average molecular weight is 254 g/mol. The summed E-state index contributed by atoms with van der Waals surface area (Å²) in [6, 6.07) is 0. The number of rotatable bonds is 5. The third kappa shape index (κ3) is 3.49. The fourth-order valence-corrected chi connectivity index (χ4v) is 2.88. The van der Waals surface area contributed by atoms with Gasteiger partial charge in [0, 0.05) is 0 Å². The molecule has 2 unspecified atom stereocenters. The molecular weight excluding hydrogens is 224 g/mol. The van der Waals surface area contributed by atoms with E-state index in [1.165, 1.54) is 19.3 Å². The van der Waals surface area contributed by atoms with E-state index in [0.717, 1.165) is 19.3 Å². The smallest absolute Gasteiger partial charge is 0.309 e. The average Bonchev–Trinajstić information content (AvgIpc) is 2.37. The lowest BCUT2D eigenvalue weighted by Gasteiger charge is -2.43. The Morgan fingerprint density at radius 1 is 1.11 bits per heavy atom. The van der Waals surface area contributed by atoms with Crippen LogP contribution in [0.2, 0.25) is 0 Å². The van der Waals surface area contributed by atoms with E-state index in [2.05, 4.69) is 20.8 Å². The number of esters is 1. The van der Waals surface area contributed by atoms with E-state index >= 15 is 0 Å². The van der Waals surface area contributed by atoms with Gasteiger partial charge in [-0.2, -0.15) is 0 Å². The topological polar surface area (TPSA) is 26.3 Å². The van der Waals surface area contributed by atoms with Gasteiger partial charge in [0.2, 0.25) is 0 Å². The molecule has 0 aromatic heterocycles. The Labute approximate surface area is 112 Å². The molecule has 0 bridgehead atoms. The van der Waals surface area contributed by atoms with Gasteiger partial charge in [-0.15, -0.1) is 0 Å². The lowest BCUT2D eigenvalue weighted by Crippen LogP contribution is -2.46. The molecule has 0 aliphatic heterocycles. The van der Waals surface area contributed by atoms with Crippen LogP contribution in [-0.4, -0.2) is 11.6 Å². The Morgan fingerprint density at radius 3 is 2.11 bits per heavy atom. The van der Waals surface area contributed by atoms with Crippen molar-refractivity contribution in [2.45, 2.75) is 78.7 Å². The van der Waals surface area contributed by atoms with E-state index in [1.807, 2.05) is 13.8 Å². The number of carbonyl (C=O) groups excluding carboxylic acids is 1. The highest BCUT2D eigenvalue weighted by Crippen LogP contribution is 2.41. The van der Waals surface area contributed by atoms with Crippen molar-refractivity contribution in [3.63, 3.8) is 0 Å². The predicted molar refractivity (Wildman–Crippen MR) is 75.4 cm³/mol. The maximum atomic E-state index is 12.2. The summed E-state index contributed by atoms with van der Waals surface area (Å²) in [7, 11) is 0. The van der Waals surface area contributed by atoms with E-state index in [0.29, 0.717) is 11.8 Å². The van der Waals surface area contributed by atoms with Crippen molar-refractivity contribution in [3.05, 3.63) is 0 Å². The molecule has 0 radical (unpaired) electrons. The van der Waals surface area contributed by atoms with Crippen LogP contribution in [-0.2, 0) is 9.53 Å². The van der Waals surface area contributed by atoms with Gasteiger partial charge in [-0.3, -0.25) is 4.79 Å². The predicted octanol–water partition coefficient (Wildman–Crippen LogP) is 4.57. The summed E-state index contributed by atoms with van der Waals surface area (Å²) >= 11 is 0. The van der Waals surface area contributed by atoms with Crippen molar-refractivity contribution < 1.29 is 9.53 Å². The molecule has 2 atom stereocenters. The molecule has 1 saturated carbocycles. The van der Waals surface area contributed by atoms with E-state index in [9.17, 15) is 4.79 Å². The molecule has 1 aliphatic rings. The van der Waals surface area contributed by atoms with E-state index in [1.54, 1.807) is 0 Å². The number of carbonyl (C=O) groups is 1. The largest absolute Gasteiger partial charge is 0.459 e. The molecule has 0 spiro atoms. The molecule has 0 aromatic carbocycles. The van der Waals surface area contributed by atoms with Gasteiger partial charge in [0.15, 0.2) is 0 Å². The summed E-state index contributed by atoms with van der Waals surface area (Å²) in [6.07, 6.45) is 6.65. The Morgan fingerprint density at radius 2 is 1.67 bits per heavy atom. The zero-order valence-electron chi connectivity index (χ0n) is 12.8. The lowest BCUT2D eigenvalue weighted by atomic mass is 9.72. The van der Waals surface area contributed by atoms with Crippen molar-refractivity contribution in [2.75, 3.05) is 0 Å². The summed E-state index contributed by atoms with van der Waals surface area (Å²) in [5.74, 6) is 1.05. The van der Waals surface area contributed by atoms with Crippen LogP contribution in [0.1, 0.15) is 73.1 Å². The van der Waals surface area contributed by atoms with Gasteiger partial charge in [-0.25, -0.2) is 0 Å². The first-order chi connectivity index (χ1) is 8.43. The number of hydrogen-bond donors (Lipinski definition) is 0. The highest BCUT2D eigenvalue weighted by atomic mass is 16.6. The monoisotopic (exact) mass is 254 g/mol. The summed E-state index contributed by atoms with van der Waals surface area (Å²) in [4.78, 5) is 12.2. The second-order valence-electron chi connectivity index (χ2n) is 6.39. The van der Waals surface area contributed by atoms with Gasteiger partial charge in [0.05, 0.1) is 5.92 Å². The summed E-state index contributed by atoms with van der Waals surface area (Å²) < 4.78 is 6.02. The molecule has 1 fully saturated rings. The van der Waals surface area contributed by atoms with Crippen LogP contribution in [0.25, 0.3) is 0 Å². The molecule has 0 heterocycles. The fraction of sp³-hybridized carbons (Fsp3) is 0.938. The minimum Gasteiger partial charge on any atom is -0.459 e. The van der Waals surface area contributed by atoms with Crippen LogP contribution in [0, 0.1) is 17.8 Å². The normalized spacial score (nSPS) is 22.6. The molecule has 0 saturated heterocycles. The summed E-state index contributed by atoms with van der Waals surface area (Å²) in [5, 5.41) is 0. The zero-order valence-corrected chi connectivity index (χ0v) is 12.8. The van der Waals surface area contributed by atoms with Crippen molar-refractivity contribution in [1.82, 2.24) is 0 Å². The molecule has 2 heteroatoms. The standard InChI is InChI=1S/C16H30O2/c1-6-13(4)15(17)18-16(14(5)12(2)3)10-8-7-9-11-16/h12-14H,6-11H2,1-5H3. The van der Waals surface area contributed by atoms with E-state index in [4.69, 9.17) is 4.74 Å². The van der Waals surface area contributed by atoms with Crippen LogP contribution < -0.4 is 0 Å². The molecule has 0 amide bonds. The van der Waals surface area contributed by atoms with Crippen molar-refractivity contribution in [1.29, 1.82) is 0 Å².